The Labute approximate surface area is 193 Å². The van der Waals surface area contributed by atoms with E-state index >= 15 is 0 Å². The maximum atomic E-state index is 5.92. The van der Waals surface area contributed by atoms with Gasteiger partial charge in [0.1, 0.15) is 5.76 Å². The van der Waals surface area contributed by atoms with Crippen LogP contribution in [0.25, 0.3) is 0 Å². The van der Waals surface area contributed by atoms with Crippen LogP contribution in [-0.4, -0.2) is 27.1 Å². The van der Waals surface area contributed by atoms with E-state index in [9.17, 15) is 0 Å². The number of nitrogens with one attached hydrogen (secondary N) is 2. The Kier molecular flexibility index (Phi) is 6.87. The number of rotatable bonds is 5. The summed E-state index contributed by atoms with van der Waals surface area (Å²) in [5, 5.41) is 8.21. The molecule has 1 aliphatic heterocycles. The van der Waals surface area contributed by atoms with Gasteiger partial charge >= 0.3 is 0 Å². The van der Waals surface area contributed by atoms with Crippen LogP contribution in [0.2, 0.25) is 0 Å². The fourth-order valence-electron chi connectivity index (χ4n) is 4.81. The second-order valence-electron chi connectivity index (χ2n) is 11.3. The summed E-state index contributed by atoms with van der Waals surface area (Å²) < 4.78 is 5.63. The van der Waals surface area contributed by atoms with Crippen LogP contribution < -0.4 is 10.6 Å². The fourth-order valence-corrected chi connectivity index (χ4v) is 5.11. The smallest absolute Gasteiger partial charge is 0.169 e. The molecule has 5 heteroatoms. The maximum Gasteiger partial charge on any atom is 0.169 e. The molecule has 2 heterocycles. The van der Waals surface area contributed by atoms with E-state index in [1.165, 1.54) is 11.1 Å². The van der Waals surface area contributed by atoms with Gasteiger partial charge in [0, 0.05) is 23.7 Å². The highest BCUT2D eigenvalue weighted by Gasteiger charge is 2.38. The summed E-state index contributed by atoms with van der Waals surface area (Å²) in [6, 6.07) is 13.2. The van der Waals surface area contributed by atoms with Gasteiger partial charge in [-0.25, -0.2) is 0 Å². The van der Waals surface area contributed by atoms with Crippen molar-refractivity contribution in [1.82, 2.24) is 15.5 Å². The molecule has 0 bridgehead atoms. The lowest BCUT2D eigenvalue weighted by atomic mass is 9.80. The van der Waals surface area contributed by atoms with Crippen LogP contribution in [0.5, 0.6) is 0 Å². The molecule has 0 saturated carbocycles. The first-order valence-electron chi connectivity index (χ1n) is 11.3. The number of hydrogen-bond donors (Lipinski definition) is 2. The van der Waals surface area contributed by atoms with Crippen LogP contribution in [0.3, 0.4) is 0 Å². The van der Waals surface area contributed by atoms with E-state index < -0.39 is 0 Å². The van der Waals surface area contributed by atoms with Gasteiger partial charge < -0.3 is 20.0 Å². The molecule has 0 atom stereocenters. The van der Waals surface area contributed by atoms with Crippen molar-refractivity contribution in [2.75, 3.05) is 0 Å². The zero-order valence-electron chi connectivity index (χ0n) is 20.2. The molecule has 2 aromatic rings. The molecule has 1 saturated heterocycles. The molecule has 2 N–H and O–H groups in total. The molecular weight excluding hydrogens is 402 g/mol. The molecule has 1 fully saturated rings. The van der Waals surface area contributed by atoms with Crippen molar-refractivity contribution < 1.29 is 4.42 Å². The zero-order valence-corrected chi connectivity index (χ0v) is 21.0. The molecule has 0 aliphatic carbocycles. The summed E-state index contributed by atoms with van der Waals surface area (Å²) >= 11 is 5.92. The number of furan rings is 1. The topological polar surface area (TPSA) is 40.4 Å². The number of hydrogen-bond acceptors (Lipinski definition) is 3. The Morgan fingerprint density at radius 1 is 1.06 bits per heavy atom. The number of thiocarbonyl (C=S) groups is 1. The summed E-state index contributed by atoms with van der Waals surface area (Å²) in [5.41, 5.74) is 2.88. The highest BCUT2D eigenvalue weighted by molar-refractivity contribution is 7.80. The molecule has 1 aromatic heterocycles. The molecule has 31 heavy (non-hydrogen) atoms. The average Bonchev–Trinajstić information content (AvgIpc) is 3.11. The van der Waals surface area contributed by atoms with Crippen molar-refractivity contribution in [2.24, 2.45) is 0 Å². The van der Waals surface area contributed by atoms with Gasteiger partial charge in [-0.05, 0) is 81.4 Å². The van der Waals surface area contributed by atoms with E-state index in [4.69, 9.17) is 16.6 Å². The van der Waals surface area contributed by atoms with Gasteiger partial charge in [0.2, 0.25) is 0 Å². The van der Waals surface area contributed by atoms with Crippen LogP contribution in [0.15, 0.2) is 47.1 Å². The standard InChI is InChI=1S/C26H39N3OS/c1-24(2,3)20-12-10-19(11-13-20)17-29(18-22-9-8-14-30-22)23(31)27-21-15-25(4,5)28-26(6,7)16-21/h8-14,21,28H,15-18H2,1-7H3,(H,27,31). The maximum absolute atomic E-state index is 5.92. The highest BCUT2D eigenvalue weighted by Crippen LogP contribution is 2.29. The molecule has 1 aromatic carbocycles. The molecule has 0 amide bonds. The lowest BCUT2D eigenvalue weighted by Gasteiger charge is -2.47. The molecule has 0 spiro atoms. The minimum atomic E-state index is 0.0731. The van der Waals surface area contributed by atoms with E-state index in [-0.39, 0.29) is 16.5 Å². The van der Waals surface area contributed by atoms with Gasteiger partial charge in [-0.2, -0.15) is 0 Å². The van der Waals surface area contributed by atoms with Crippen LogP contribution in [0, 0.1) is 0 Å². The zero-order chi connectivity index (χ0) is 22.9. The minimum absolute atomic E-state index is 0.0731. The first-order valence-corrected chi connectivity index (χ1v) is 11.7. The van der Waals surface area contributed by atoms with Gasteiger partial charge in [0.15, 0.2) is 5.11 Å². The summed E-state index contributed by atoms with van der Waals surface area (Å²) in [7, 11) is 0. The molecule has 170 valence electrons. The third-order valence-corrected chi connectivity index (χ3v) is 6.30. The van der Waals surface area contributed by atoms with Gasteiger partial charge in [0.25, 0.3) is 0 Å². The van der Waals surface area contributed by atoms with E-state index in [0.29, 0.717) is 12.6 Å². The average molecular weight is 442 g/mol. The minimum Gasteiger partial charge on any atom is -0.467 e. The first kappa shape index (κ1) is 23.8. The summed E-state index contributed by atoms with van der Waals surface area (Å²) in [6.45, 7) is 17.2. The van der Waals surface area contributed by atoms with Crippen LogP contribution in [-0.2, 0) is 18.5 Å². The van der Waals surface area contributed by atoms with Gasteiger partial charge in [-0.3, -0.25) is 0 Å². The SMILES string of the molecule is CC1(C)CC(NC(=S)N(Cc2ccc(C(C)(C)C)cc2)Cc2ccco2)CC(C)(C)N1. The van der Waals surface area contributed by atoms with E-state index in [1.807, 2.05) is 12.1 Å². The number of benzene rings is 1. The van der Waals surface area contributed by atoms with Crippen molar-refractivity contribution in [2.45, 2.75) is 96.9 Å². The third-order valence-electron chi connectivity index (χ3n) is 5.93. The molecule has 0 radical (unpaired) electrons. The van der Waals surface area contributed by atoms with Crippen molar-refractivity contribution in [3.63, 3.8) is 0 Å². The third kappa shape index (κ3) is 6.81. The van der Waals surface area contributed by atoms with E-state index in [1.54, 1.807) is 6.26 Å². The summed E-state index contributed by atoms with van der Waals surface area (Å²) in [6.07, 6.45) is 3.79. The summed E-state index contributed by atoms with van der Waals surface area (Å²) in [5.74, 6) is 0.918. The van der Waals surface area contributed by atoms with Crippen LogP contribution >= 0.6 is 12.2 Å². The number of piperidine rings is 1. The number of nitrogens with zero attached hydrogens (tertiary/aromatic N) is 1. The Morgan fingerprint density at radius 2 is 1.68 bits per heavy atom. The van der Waals surface area contributed by atoms with E-state index in [2.05, 4.69) is 88.3 Å². The molecule has 4 nitrogen and oxygen atoms in total. The van der Waals surface area contributed by atoms with Crippen molar-refractivity contribution in [1.29, 1.82) is 0 Å². The Bertz CT molecular complexity index is 847. The van der Waals surface area contributed by atoms with Crippen molar-refractivity contribution >= 4 is 17.3 Å². The Balaban J connectivity index is 1.74. The molecular formula is C26H39N3OS. The highest BCUT2D eigenvalue weighted by atomic mass is 32.1. The van der Waals surface area contributed by atoms with Crippen LogP contribution in [0.1, 0.15) is 78.2 Å². The molecule has 1 aliphatic rings. The Hall–Kier alpha value is -1.85. The predicted octanol–water partition coefficient (Wildman–Crippen LogP) is 5.76. The lowest BCUT2D eigenvalue weighted by molar-refractivity contribution is 0.153. The molecule has 0 unspecified atom stereocenters. The van der Waals surface area contributed by atoms with E-state index in [0.717, 1.165) is 30.3 Å². The normalized spacial score (nSPS) is 18.5. The second-order valence-corrected chi connectivity index (χ2v) is 11.7. The monoisotopic (exact) mass is 441 g/mol. The lowest BCUT2D eigenvalue weighted by Crippen LogP contribution is -2.62. The summed E-state index contributed by atoms with van der Waals surface area (Å²) in [4.78, 5) is 2.21. The van der Waals surface area contributed by atoms with Gasteiger partial charge in [-0.1, -0.05) is 45.0 Å². The van der Waals surface area contributed by atoms with Gasteiger partial charge in [0.05, 0.1) is 12.8 Å². The second kappa shape index (κ2) is 8.95. The first-order chi connectivity index (χ1) is 14.3. The van der Waals surface area contributed by atoms with Crippen molar-refractivity contribution in [3.05, 3.63) is 59.5 Å². The fraction of sp³-hybridized carbons (Fsp3) is 0.577. The largest absolute Gasteiger partial charge is 0.467 e. The predicted molar refractivity (Wildman–Crippen MR) is 133 cm³/mol. The quantitative estimate of drug-likeness (QED) is 0.577. The Morgan fingerprint density at radius 3 is 2.19 bits per heavy atom. The van der Waals surface area contributed by atoms with Crippen LogP contribution in [0.4, 0.5) is 0 Å². The van der Waals surface area contributed by atoms with Gasteiger partial charge in [-0.15, -0.1) is 0 Å². The van der Waals surface area contributed by atoms with Crippen molar-refractivity contribution in [3.8, 4) is 0 Å². The molecule has 3 rings (SSSR count).